The monoisotopic (exact) mass is 390 g/mol. The Morgan fingerprint density at radius 1 is 1.46 bits per heavy atom. The van der Waals surface area contributed by atoms with Crippen LogP contribution in [0.2, 0.25) is 0 Å². The molecule has 0 saturated heterocycles. The second-order valence-electron chi connectivity index (χ2n) is 4.93. The van der Waals surface area contributed by atoms with Crippen LogP contribution >= 0.6 is 15.9 Å². The van der Waals surface area contributed by atoms with Gasteiger partial charge in [0.2, 0.25) is 5.91 Å². The van der Waals surface area contributed by atoms with Crippen molar-refractivity contribution < 1.29 is 9.72 Å². The summed E-state index contributed by atoms with van der Waals surface area (Å²) in [6.07, 6.45) is 0.940. The van der Waals surface area contributed by atoms with Crippen LogP contribution < -0.4 is 10.9 Å². The highest BCUT2D eigenvalue weighted by Gasteiger charge is 2.15. The number of aromatic nitrogens is 1. The molecule has 2 aromatic rings. The van der Waals surface area contributed by atoms with Crippen LogP contribution in [0.4, 0.5) is 11.4 Å². The molecule has 122 valence electrons. The molecule has 0 saturated carbocycles. The van der Waals surface area contributed by atoms with Crippen molar-refractivity contribution in [3.8, 4) is 6.07 Å². The number of hydrogen-bond donors (Lipinski definition) is 1. The molecule has 2 rings (SSSR count). The van der Waals surface area contributed by atoms with Gasteiger partial charge in [-0.2, -0.15) is 5.26 Å². The summed E-state index contributed by atoms with van der Waals surface area (Å²) < 4.78 is 1.73. The first-order chi connectivity index (χ1) is 11.3. The Bertz CT molecular complexity index is 930. The van der Waals surface area contributed by atoms with Crippen LogP contribution in [0, 0.1) is 28.4 Å². The highest BCUT2D eigenvalue weighted by atomic mass is 79.9. The fourth-order valence-electron chi connectivity index (χ4n) is 1.99. The lowest BCUT2D eigenvalue weighted by molar-refractivity contribution is -0.385. The number of nitrogens with zero attached hydrogens (tertiary/aromatic N) is 3. The number of amides is 1. The summed E-state index contributed by atoms with van der Waals surface area (Å²) in [6.45, 7) is 1.41. The summed E-state index contributed by atoms with van der Waals surface area (Å²) in [5, 5.41) is 22.3. The molecule has 9 heteroatoms. The number of nitro groups is 1. The maximum atomic E-state index is 12.1. The van der Waals surface area contributed by atoms with Gasteiger partial charge in [0, 0.05) is 16.2 Å². The molecule has 0 radical (unpaired) electrons. The lowest BCUT2D eigenvalue weighted by Crippen LogP contribution is -2.29. The van der Waals surface area contributed by atoms with Crippen LogP contribution in [0.1, 0.15) is 11.1 Å². The number of benzene rings is 1. The molecular weight excluding hydrogens is 380 g/mol. The summed E-state index contributed by atoms with van der Waals surface area (Å²) in [4.78, 5) is 34.2. The van der Waals surface area contributed by atoms with Crippen LogP contribution in [-0.4, -0.2) is 15.4 Å². The maximum absolute atomic E-state index is 12.1. The smallest absolute Gasteiger partial charge is 0.287 e. The molecule has 0 aliphatic carbocycles. The molecule has 8 nitrogen and oxygen atoms in total. The third-order valence-corrected chi connectivity index (χ3v) is 4.05. The highest BCUT2D eigenvalue weighted by molar-refractivity contribution is 9.10. The van der Waals surface area contributed by atoms with Gasteiger partial charge >= 0.3 is 0 Å². The largest absolute Gasteiger partial charge is 0.325 e. The lowest BCUT2D eigenvalue weighted by Gasteiger charge is -2.09. The van der Waals surface area contributed by atoms with Crippen LogP contribution in [0.25, 0.3) is 0 Å². The van der Waals surface area contributed by atoms with E-state index >= 15 is 0 Å². The zero-order valence-electron chi connectivity index (χ0n) is 12.4. The van der Waals surface area contributed by atoms with Gasteiger partial charge in [0.15, 0.2) is 0 Å². The van der Waals surface area contributed by atoms with Crippen LogP contribution in [0.5, 0.6) is 0 Å². The molecule has 1 aromatic heterocycles. The van der Waals surface area contributed by atoms with Crippen LogP contribution in [0.3, 0.4) is 0 Å². The molecule has 1 amide bonds. The van der Waals surface area contributed by atoms with E-state index < -0.39 is 34.2 Å². The molecule has 0 aliphatic rings. The average molecular weight is 391 g/mol. The number of halogens is 1. The molecular formula is C15H11BrN4O4. The maximum Gasteiger partial charge on any atom is 0.287 e. The Balaban J connectivity index is 2.27. The fraction of sp³-hybridized carbons (Fsp3) is 0.133. The second kappa shape index (κ2) is 7.06. The fourth-order valence-corrected chi connectivity index (χ4v) is 2.24. The third-order valence-electron chi connectivity index (χ3n) is 3.16. The Labute approximate surface area is 144 Å². The Morgan fingerprint density at radius 3 is 2.75 bits per heavy atom. The number of rotatable bonds is 4. The Hall–Kier alpha value is -2.99. The van der Waals surface area contributed by atoms with Gasteiger partial charge in [0.05, 0.1) is 11.1 Å². The summed E-state index contributed by atoms with van der Waals surface area (Å²) in [6, 6.07) is 7.65. The van der Waals surface area contributed by atoms with E-state index in [1.807, 2.05) is 6.92 Å². The van der Waals surface area contributed by atoms with Crippen molar-refractivity contribution >= 4 is 33.2 Å². The minimum atomic E-state index is -0.759. The zero-order chi connectivity index (χ0) is 17.9. The molecule has 0 bridgehead atoms. The quantitative estimate of drug-likeness (QED) is 0.634. The molecule has 0 aliphatic heterocycles. The summed E-state index contributed by atoms with van der Waals surface area (Å²) in [5.41, 5.74) is -0.146. The number of hydrogen-bond acceptors (Lipinski definition) is 5. The first-order valence-corrected chi connectivity index (χ1v) is 7.46. The standard InChI is InChI=1S/C15H11BrN4O4/c1-9-4-11(2-3-13(9)16)18-14(21)8-19-7-12(20(23)24)5-10(6-17)15(19)22/h2-5,7H,8H2,1H3,(H,18,21). The van der Waals surface area contributed by atoms with E-state index in [4.69, 9.17) is 5.26 Å². The van der Waals surface area contributed by atoms with Crippen molar-refractivity contribution in [3.05, 3.63) is 66.5 Å². The molecule has 0 fully saturated rings. The third kappa shape index (κ3) is 3.85. The first kappa shape index (κ1) is 17.4. The predicted octanol–water partition coefficient (Wildman–Crippen LogP) is 2.34. The van der Waals surface area contributed by atoms with E-state index in [1.165, 1.54) is 0 Å². The van der Waals surface area contributed by atoms with E-state index in [-0.39, 0.29) is 0 Å². The number of aryl methyl sites for hydroxylation is 1. The SMILES string of the molecule is Cc1cc(NC(=O)Cn2cc([N+](=O)[O-])cc(C#N)c2=O)ccc1Br. The first-order valence-electron chi connectivity index (χ1n) is 6.67. The van der Waals surface area contributed by atoms with Gasteiger partial charge in [-0.25, -0.2) is 0 Å². The van der Waals surface area contributed by atoms with Crippen molar-refractivity contribution in [2.45, 2.75) is 13.5 Å². The van der Waals surface area contributed by atoms with E-state index in [2.05, 4.69) is 21.2 Å². The van der Waals surface area contributed by atoms with Gasteiger partial charge in [-0.15, -0.1) is 0 Å². The highest BCUT2D eigenvalue weighted by Crippen LogP contribution is 2.20. The Morgan fingerprint density at radius 2 is 2.17 bits per heavy atom. The van der Waals surface area contributed by atoms with Crippen molar-refractivity contribution in [2.24, 2.45) is 0 Å². The normalized spacial score (nSPS) is 10.0. The number of nitrogens with one attached hydrogen (secondary N) is 1. The lowest BCUT2D eigenvalue weighted by atomic mass is 10.2. The summed E-state index contributed by atoms with van der Waals surface area (Å²) >= 11 is 3.34. The van der Waals surface area contributed by atoms with Crippen molar-refractivity contribution in [3.63, 3.8) is 0 Å². The zero-order valence-corrected chi connectivity index (χ0v) is 14.0. The molecule has 0 atom stereocenters. The van der Waals surface area contributed by atoms with Crippen LogP contribution in [0.15, 0.2) is 39.7 Å². The molecule has 1 N–H and O–H groups in total. The number of pyridine rings is 1. The summed E-state index contributed by atoms with van der Waals surface area (Å²) in [7, 11) is 0. The number of anilines is 1. The van der Waals surface area contributed by atoms with Gasteiger partial charge in [0.25, 0.3) is 11.2 Å². The van der Waals surface area contributed by atoms with E-state index in [1.54, 1.807) is 24.3 Å². The van der Waals surface area contributed by atoms with Gasteiger partial charge in [-0.3, -0.25) is 24.3 Å². The molecule has 1 aromatic carbocycles. The Kier molecular flexibility index (Phi) is 5.11. The van der Waals surface area contributed by atoms with Crippen molar-refractivity contribution in [1.29, 1.82) is 5.26 Å². The van der Waals surface area contributed by atoms with Gasteiger partial charge in [-0.1, -0.05) is 15.9 Å². The molecule has 0 unspecified atom stereocenters. The number of carbonyl (C=O) groups is 1. The molecule has 0 spiro atoms. The van der Waals surface area contributed by atoms with E-state index in [0.29, 0.717) is 5.69 Å². The van der Waals surface area contributed by atoms with Gasteiger partial charge in [0.1, 0.15) is 18.2 Å². The minimum absolute atomic E-state index is 0.392. The predicted molar refractivity (Wildman–Crippen MR) is 89.6 cm³/mol. The van der Waals surface area contributed by atoms with Crippen LogP contribution in [-0.2, 0) is 11.3 Å². The summed E-state index contributed by atoms with van der Waals surface area (Å²) in [5.74, 6) is -0.539. The van der Waals surface area contributed by atoms with Crippen molar-refractivity contribution in [1.82, 2.24) is 4.57 Å². The molecule has 1 heterocycles. The minimum Gasteiger partial charge on any atom is -0.325 e. The van der Waals surface area contributed by atoms with E-state index in [9.17, 15) is 19.7 Å². The molecule has 24 heavy (non-hydrogen) atoms. The van der Waals surface area contributed by atoms with Crippen molar-refractivity contribution in [2.75, 3.05) is 5.32 Å². The number of carbonyl (C=O) groups excluding carboxylic acids is 1. The average Bonchev–Trinajstić information content (AvgIpc) is 2.52. The van der Waals surface area contributed by atoms with Gasteiger partial charge < -0.3 is 5.32 Å². The van der Waals surface area contributed by atoms with E-state index in [0.717, 1.165) is 26.9 Å². The number of nitriles is 1. The van der Waals surface area contributed by atoms with Gasteiger partial charge in [-0.05, 0) is 30.7 Å². The topological polar surface area (TPSA) is 118 Å². The second-order valence-corrected chi connectivity index (χ2v) is 5.78.